The number of imidazole rings is 1. The van der Waals surface area contributed by atoms with E-state index >= 15 is 0 Å². The van der Waals surface area contributed by atoms with E-state index in [2.05, 4.69) is 10.3 Å². The van der Waals surface area contributed by atoms with Crippen molar-refractivity contribution >= 4 is 5.91 Å². The number of alkyl halides is 2. The molecule has 4 nitrogen and oxygen atoms in total. The predicted octanol–water partition coefficient (Wildman–Crippen LogP) is 4.11. The van der Waals surface area contributed by atoms with Crippen LogP contribution in [0.1, 0.15) is 51.2 Å². The minimum absolute atomic E-state index is 0.105. The Morgan fingerprint density at radius 3 is 2.50 bits per heavy atom. The molecular weight excluding hydrogens is 312 g/mol. The molecule has 0 aliphatic carbocycles. The molecule has 2 aromatic rings. The molecule has 130 valence electrons. The van der Waals surface area contributed by atoms with E-state index in [0.29, 0.717) is 6.42 Å². The Balaban J connectivity index is 2.21. The molecule has 1 aromatic carbocycles. The molecule has 0 saturated carbocycles. The van der Waals surface area contributed by atoms with Crippen LogP contribution in [0.4, 0.5) is 8.78 Å². The maximum Gasteiger partial charge on any atom is 0.319 e. The van der Waals surface area contributed by atoms with Gasteiger partial charge in [-0.05, 0) is 11.0 Å². The number of nitrogens with zero attached hydrogens (tertiary/aromatic N) is 2. The maximum absolute atomic E-state index is 13.0. The molecule has 6 heteroatoms. The summed E-state index contributed by atoms with van der Waals surface area (Å²) in [5.41, 5.74) is 0.718. The van der Waals surface area contributed by atoms with E-state index in [1.807, 2.05) is 51.1 Å². The Kier molecular flexibility index (Phi) is 5.70. The molecular formula is C18H23F2N3O. The normalized spacial score (nSPS) is 13.1. The third-order valence-corrected chi connectivity index (χ3v) is 3.57. The van der Waals surface area contributed by atoms with Gasteiger partial charge in [-0.15, -0.1) is 0 Å². The van der Waals surface area contributed by atoms with Crippen molar-refractivity contribution in [2.45, 2.75) is 46.2 Å². The molecule has 0 saturated heterocycles. The first-order valence-electron chi connectivity index (χ1n) is 7.90. The topological polar surface area (TPSA) is 46.9 Å². The highest BCUT2D eigenvalue weighted by Gasteiger charge is 2.22. The fourth-order valence-corrected chi connectivity index (χ4v) is 2.53. The van der Waals surface area contributed by atoms with E-state index in [-0.39, 0.29) is 23.6 Å². The number of hydrogen-bond donors (Lipinski definition) is 1. The number of nitrogens with one attached hydrogen (secondary N) is 1. The van der Waals surface area contributed by atoms with Crippen LogP contribution in [0.2, 0.25) is 0 Å². The molecule has 0 spiro atoms. The molecule has 1 aromatic heterocycles. The predicted molar refractivity (Wildman–Crippen MR) is 88.6 cm³/mol. The van der Waals surface area contributed by atoms with Gasteiger partial charge in [-0.3, -0.25) is 9.36 Å². The molecule has 0 bridgehead atoms. The third-order valence-electron chi connectivity index (χ3n) is 3.57. The van der Waals surface area contributed by atoms with Gasteiger partial charge in [0, 0.05) is 25.2 Å². The quantitative estimate of drug-likeness (QED) is 0.863. The Morgan fingerprint density at radius 1 is 1.25 bits per heavy atom. The van der Waals surface area contributed by atoms with E-state index in [0.717, 1.165) is 10.1 Å². The highest BCUT2D eigenvalue weighted by molar-refractivity contribution is 5.77. The fraction of sp³-hybridized carbons (Fsp3) is 0.444. The average molecular weight is 335 g/mol. The van der Waals surface area contributed by atoms with Crippen molar-refractivity contribution < 1.29 is 13.6 Å². The molecule has 24 heavy (non-hydrogen) atoms. The summed E-state index contributed by atoms with van der Waals surface area (Å²) in [6.45, 7) is 3.29. The van der Waals surface area contributed by atoms with Crippen LogP contribution in [0, 0.1) is 5.41 Å². The first kappa shape index (κ1) is 18.1. The molecule has 0 aliphatic rings. The first-order chi connectivity index (χ1) is 11.3. The molecule has 1 amide bonds. The molecule has 1 atom stereocenters. The molecule has 1 heterocycles. The molecule has 0 radical (unpaired) electrons. The van der Waals surface area contributed by atoms with Crippen LogP contribution in [-0.2, 0) is 11.2 Å². The summed E-state index contributed by atoms with van der Waals surface area (Å²) in [5, 5.41) is 2.96. The minimum Gasteiger partial charge on any atom is -0.349 e. The van der Waals surface area contributed by atoms with E-state index in [4.69, 9.17) is 0 Å². The monoisotopic (exact) mass is 335 g/mol. The van der Waals surface area contributed by atoms with Crippen LogP contribution in [0.5, 0.6) is 0 Å². The minimum atomic E-state index is -2.65. The van der Waals surface area contributed by atoms with Crippen LogP contribution < -0.4 is 5.32 Å². The Bertz CT molecular complexity index is 662. The zero-order valence-corrected chi connectivity index (χ0v) is 14.2. The second kappa shape index (κ2) is 7.55. The summed E-state index contributed by atoms with van der Waals surface area (Å²) in [5.74, 6) is 0.140. The Labute approximate surface area is 140 Å². The van der Waals surface area contributed by atoms with Crippen LogP contribution >= 0.6 is 0 Å². The number of carbonyl (C=O) groups excluding carboxylic acids is 1. The lowest BCUT2D eigenvalue weighted by Gasteiger charge is -2.23. The highest BCUT2D eigenvalue weighted by Crippen LogP contribution is 2.23. The highest BCUT2D eigenvalue weighted by atomic mass is 19.3. The van der Waals surface area contributed by atoms with Gasteiger partial charge < -0.3 is 5.32 Å². The van der Waals surface area contributed by atoms with Gasteiger partial charge in [0.05, 0.1) is 6.04 Å². The lowest BCUT2D eigenvalue weighted by molar-refractivity contribution is -0.123. The molecule has 2 rings (SSSR count). The lowest BCUT2D eigenvalue weighted by Crippen LogP contribution is -2.33. The van der Waals surface area contributed by atoms with E-state index in [9.17, 15) is 13.6 Å². The number of hydrogen-bond acceptors (Lipinski definition) is 2. The molecule has 0 unspecified atom stereocenters. The van der Waals surface area contributed by atoms with Gasteiger partial charge in [-0.25, -0.2) is 4.98 Å². The van der Waals surface area contributed by atoms with Crippen molar-refractivity contribution in [2.75, 3.05) is 0 Å². The van der Waals surface area contributed by atoms with Gasteiger partial charge in [0.25, 0.3) is 0 Å². The van der Waals surface area contributed by atoms with Crippen molar-refractivity contribution in [3.05, 3.63) is 54.1 Å². The number of aromatic nitrogens is 2. The van der Waals surface area contributed by atoms with Gasteiger partial charge in [0.2, 0.25) is 5.91 Å². The molecule has 1 N–H and O–H groups in total. The lowest BCUT2D eigenvalue weighted by atomic mass is 9.91. The fourth-order valence-electron chi connectivity index (χ4n) is 2.53. The number of carbonyl (C=O) groups is 1. The molecule has 0 aliphatic heterocycles. The van der Waals surface area contributed by atoms with Crippen LogP contribution in [0.3, 0.4) is 0 Å². The van der Waals surface area contributed by atoms with Crippen LogP contribution in [0.25, 0.3) is 0 Å². The summed E-state index contributed by atoms with van der Waals surface area (Å²) < 4.78 is 26.9. The summed E-state index contributed by atoms with van der Waals surface area (Å²) in [6.07, 6.45) is 3.16. The van der Waals surface area contributed by atoms with Gasteiger partial charge in [0.15, 0.2) is 0 Å². The van der Waals surface area contributed by atoms with Crippen molar-refractivity contribution in [3.8, 4) is 0 Å². The number of amides is 1. The van der Waals surface area contributed by atoms with Gasteiger partial charge in [0.1, 0.15) is 5.82 Å². The van der Waals surface area contributed by atoms with Gasteiger partial charge in [-0.2, -0.15) is 8.78 Å². The summed E-state index contributed by atoms with van der Waals surface area (Å²) in [7, 11) is 0. The summed E-state index contributed by atoms with van der Waals surface area (Å²) in [4.78, 5) is 16.3. The summed E-state index contributed by atoms with van der Waals surface area (Å²) in [6, 6.07) is 8.93. The smallest absolute Gasteiger partial charge is 0.319 e. The van der Waals surface area contributed by atoms with Crippen molar-refractivity contribution in [1.29, 1.82) is 0 Å². The van der Waals surface area contributed by atoms with E-state index < -0.39 is 12.6 Å². The SMILES string of the molecule is CC(C)(C)CC(=O)N[C@H](Cc1nccn1C(F)F)c1ccccc1. The number of halogens is 2. The van der Waals surface area contributed by atoms with E-state index in [1.54, 1.807) is 0 Å². The molecule has 0 fully saturated rings. The van der Waals surface area contributed by atoms with Crippen molar-refractivity contribution in [3.63, 3.8) is 0 Å². The van der Waals surface area contributed by atoms with Crippen LogP contribution in [-0.4, -0.2) is 15.5 Å². The Hall–Kier alpha value is -2.24. The standard InChI is InChI=1S/C18H23F2N3O/c1-18(2,3)12-16(24)22-14(13-7-5-4-6-8-13)11-15-21-9-10-23(15)17(19)20/h4-10,14,17H,11-12H2,1-3H3,(H,22,24)/t14-/m1/s1. The maximum atomic E-state index is 13.0. The van der Waals surface area contributed by atoms with Crippen LogP contribution in [0.15, 0.2) is 42.7 Å². The van der Waals surface area contributed by atoms with Crippen molar-refractivity contribution in [1.82, 2.24) is 14.9 Å². The van der Waals surface area contributed by atoms with E-state index in [1.165, 1.54) is 12.4 Å². The largest absolute Gasteiger partial charge is 0.349 e. The second-order valence-corrected chi connectivity index (χ2v) is 7.00. The zero-order valence-electron chi connectivity index (χ0n) is 14.2. The number of benzene rings is 1. The second-order valence-electron chi connectivity index (χ2n) is 7.00. The van der Waals surface area contributed by atoms with Crippen molar-refractivity contribution in [2.24, 2.45) is 5.41 Å². The number of rotatable bonds is 6. The zero-order chi connectivity index (χ0) is 17.7. The third kappa shape index (κ3) is 5.15. The first-order valence-corrected chi connectivity index (χ1v) is 7.90. The van der Waals surface area contributed by atoms with Gasteiger partial charge >= 0.3 is 6.55 Å². The summed E-state index contributed by atoms with van der Waals surface area (Å²) >= 11 is 0. The average Bonchev–Trinajstić information content (AvgIpc) is 2.94. The van der Waals surface area contributed by atoms with Gasteiger partial charge in [-0.1, -0.05) is 51.1 Å². The Morgan fingerprint density at radius 2 is 1.92 bits per heavy atom.